The first-order chi connectivity index (χ1) is 17.7. The van der Waals surface area contributed by atoms with Gasteiger partial charge in [-0.2, -0.15) is 9.57 Å². The van der Waals surface area contributed by atoms with E-state index in [9.17, 15) is 18.5 Å². The third kappa shape index (κ3) is 5.41. The standard InChI is InChI=1S/C27H32FN5O3S/c1-32-9-11-33(12-10-32)37(35,36)24-4-2-3-18(15-24)19-5-6-20(25(28)16-19)13-23(17-29)31-27(34)26-21-7-8-22(14-21)30-26/h2-6,15-16,21-23,26,30H,7-14H2,1H3,(H,31,34)/t21?,22?,23-,26?/m0/s1. The van der Waals surface area contributed by atoms with E-state index in [1.54, 1.807) is 36.4 Å². The highest BCUT2D eigenvalue weighted by atomic mass is 32.2. The van der Waals surface area contributed by atoms with Gasteiger partial charge in [-0.25, -0.2) is 12.8 Å². The molecule has 10 heteroatoms. The van der Waals surface area contributed by atoms with Gasteiger partial charge in [-0.05, 0) is 67.1 Å². The number of carbonyl (C=O) groups excluding carboxylic acids is 1. The molecule has 2 heterocycles. The number of benzene rings is 2. The van der Waals surface area contributed by atoms with E-state index in [1.807, 2.05) is 7.05 Å². The Hall–Kier alpha value is -2.84. The molecule has 1 amide bonds. The van der Waals surface area contributed by atoms with Gasteiger partial charge in [0, 0.05) is 38.6 Å². The quantitative estimate of drug-likeness (QED) is 0.574. The van der Waals surface area contributed by atoms with Crippen molar-refractivity contribution in [3.05, 3.63) is 53.8 Å². The van der Waals surface area contributed by atoms with Crippen LogP contribution >= 0.6 is 0 Å². The number of hydrogen-bond donors (Lipinski definition) is 2. The van der Waals surface area contributed by atoms with Crippen LogP contribution in [0.1, 0.15) is 24.8 Å². The molecule has 2 N–H and O–H groups in total. The molecule has 3 aliphatic rings. The van der Waals surface area contributed by atoms with Crippen LogP contribution in [0.2, 0.25) is 0 Å². The zero-order valence-electron chi connectivity index (χ0n) is 20.9. The lowest BCUT2D eigenvalue weighted by Gasteiger charge is -2.31. The summed E-state index contributed by atoms with van der Waals surface area (Å²) in [5.41, 5.74) is 1.45. The van der Waals surface area contributed by atoms with Crippen LogP contribution in [-0.2, 0) is 21.2 Å². The zero-order chi connectivity index (χ0) is 26.2. The number of amides is 1. The Balaban J connectivity index is 1.28. The third-order valence-corrected chi connectivity index (χ3v) is 9.75. The number of rotatable bonds is 7. The summed E-state index contributed by atoms with van der Waals surface area (Å²) in [6, 6.07) is 12.5. The molecule has 1 aliphatic carbocycles. The minimum absolute atomic E-state index is 0.0486. The highest BCUT2D eigenvalue weighted by molar-refractivity contribution is 7.89. The molecule has 8 nitrogen and oxygen atoms in total. The fourth-order valence-corrected chi connectivity index (χ4v) is 7.14. The largest absolute Gasteiger partial charge is 0.339 e. The first kappa shape index (κ1) is 25.8. The number of likely N-dealkylation sites (N-methyl/N-ethyl adjacent to an activating group) is 1. The van der Waals surface area contributed by atoms with Gasteiger partial charge in [0.15, 0.2) is 0 Å². The number of piperazine rings is 1. The Bertz CT molecular complexity index is 1320. The van der Waals surface area contributed by atoms with E-state index in [4.69, 9.17) is 0 Å². The second-order valence-corrected chi connectivity index (χ2v) is 12.3. The topological polar surface area (TPSA) is 106 Å². The van der Waals surface area contributed by atoms with Crippen molar-refractivity contribution in [1.29, 1.82) is 5.26 Å². The van der Waals surface area contributed by atoms with Crippen LogP contribution in [0.3, 0.4) is 0 Å². The van der Waals surface area contributed by atoms with E-state index >= 15 is 4.39 Å². The van der Waals surface area contributed by atoms with Crippen molar-refractivity contribution in [2.45, 2.75) is 48.7 Å². The fraction of sp³-hybridized carbons (Fsp3) is 0.481. The third-order valence-electron chi connectivity index (χ3n) is 7.86. The fourth-order valence-electron chi connectivity index (χ4n) is 5.67. The van der Waals surface area contributed by atoms with Gasteiger partial charge in [-0.15, -0.1) is 0 Å². The van der Waals surface area contributed by atoms with Crippen LogP contribution in [0.25, 0.3) is 11.1 Å². The minimum atomic E-state index is -3.64. The molecule has 0 radical (unpaired) electrons. The van der Waals surface area contributed by atoms with Crippen LogP contribution in [0.5, 0.6) is 0 Å². The minimum Gasteiger partial charge on any atom is -0.339 e. The summed E-state index contributed by atoms with van der Waals surface area (Å²) in [6.07, 6.45) is 3.13. The van der Waals surface area contributed by atoms with E-state index in [-0.39, 0.29) is 23.3 Å². The Labute approximate surface area is 217 Å². The number of sulfonamides is 1. The molecule has 2 bridgehead atoms. The lowest BCUT2D eigenvalue weighted by molar-refractivity contribution is -0.124. The van der Waals surface area contributed by atoms with Crippen LogP contribution < -0.4 is 10.6 Å². The zero-order valence-corrected chi connectivity index (χ0v) is 21.7. The van der Waals surface area contributed by atoms with E-state index in [1.165, 1.54) is 10.4 Å². The summed E-state index contributed by atoms with van der Waals surface area (Å²) < 4.78 is 42.9. The number of nitrogens with one attached hydrogen (secondary N) is 2. The highest BCUT2D eigenvalue weighted by Crippen LogP contribution is 2.35. The molecule has 3 fully saturated rings. The molecule has 3 unspecified atom stereocenters. The predicted octanol–water partition coefficient (Wildman–Crippen LogP) is 2.12. The van der Waals surface area contributed by atoms with Crippen LogP contribution in [-0.4, -0.2) is 74.9 Å². The van der Waals surface area contributed by atoms with Crippen molar-refractivity contribution < 1.29 is 17.6 Å². The first-order valence-corrected chi connectivity index (χ1v) is 14.2. The number of nitrogens with zero attached hydrogens (tertiary/aromatic N) is 3. The van der Waals surface area contributed by atoms with E-state index < -0.39 is 21.9 Å². The molecule has 1 saturated carbocycles. The Morgan fingerprint density at radius 1 is 1.16 bits per heavy atom. The number of piperidine rings is 1. The van der Waals surface area contributed by atoms with Crippen molar-refractivity contribution in [2.75, 3.05) is 33.2 Å². The monoisotopic (exact) mass is 525 g/mol. The maximum atomic E-state index is 15.1. The molecule has 2 aromatic carbocycles. The SMILES string of the molecule is CN1CCN(S(=O)(=O)c2cccc(-c3ccc(C[C@@H](C#N)NC(=O)C4NC5CCC4C5)c(F)c3)c2)CC1. The number of halogens is 1. The number of hydrogen-bond acceptors (Lipinski definition) is 6. The van der Waals surface area contributed by atoms with Gasteiger partial charge in [0.2, 0.25) is 15.9 Å². The lowest BCUT2D eigenvalue weighted by atomic mass is 9.98. The smallest absolute Gasteiger partial charge is 0.243 e. The van der Waals surface area contributed by atoms with Crippen molar-refractivity contribution in [1.82, 2.24) is 19.8 Å². The van der Waals surface area contributed by atoms with Crippen LogP contribution in [0.15, 0.2) is 47.4 Å². The molecule has 2 aromatic rings. The first-order valence-electron chi connectivity index (χ1n) is 12.8. The predicted molar refractivity (Wildman–Crippen MR) is 137 cm³/mol. The maximum absolute atomic E-state index is 15.1. The van der Waals surface area contributed by atoms with E-state index in [0.717, 1.165) is 19.3 Å². The molecule has 0 spiro atoms. The van der Waals surface area contributed by atoms with Gasteiger partial charge in [-0.3, -0.25) is 4.79 Å². The Morgan fingerprint density at radius 3 is 2.57 bits per heavy atom. The van der Waals surface area contributed by atoms with Crippen LogP contribution in [0, 0.1) is 23.1 Å². The second kappa shape index (κ2) is 10.5. The van der Waals surface area contributed by atoms with E-state index in [0.29, 0.717) is 54.8 Å². The normalized spacial score (nSPS) is 25.1. The Morgan fingerprint density at radius 2 is 1.92 bits per heavy atom. The number of carbonyl (C=O) groups is 1. The van der Waals surface area contributed by atoms with Crippen molar-refractivity contribution in [3.8, 4) is 17.2 Å². The Kier molecular flexibility index (Phi) is 7.32. The maximum Gasteiger partial charge on any atom is 0.243 e. The molecule has 196 valence electrons. The van der Waals surface area contributed by atoms with Crippen LogP contribution in [0.4, 0.5) is 4.39 Å². The van der Waals surface area contributed by atoms with Gasteiger partial charge in [0.1, 0.15) is 11.9 Å². The van der Waals surface area contributed by atoms with Gasteiger partial charge in [-0.1, -0.05) is 24.3 Å². The second-order valence-electron chi connectivity index (χ2n) is 10.4. The molecular formula is C27H32FN5O3S. The van der Waals surface area contributed by atoms with Gasteiger partial charge in [0.25, 0.3) is 0 Å². The summed E-state index contributed by atoms with van der Waals surface area (Å²) in [5.74, 6) is -0.400. The van der Waals surface area contributed by atoms with Gasteiger partial charge < -0.3 is 15.5 Å². The summed E-state index contributed by atoms with van der Waals surface area (Å²) in [7, 11) is -1.68. The molecule has 37 heavy (non-hydrogen) atoms. The number of nitriles is 1. The van der Waals surface area contributed by atoms with Crippen molar-refractivity contribution in [2.24, 2.45) is 5.92 Å². The average molecular weight is 526 g/mol. The molecule has 4 atom stereocenters. The molecular weight excluding hydrogens is 493 g/mol. The van der Waals surface area contributed by atoms with Gasteiger partial charge >= 0.3 is 0 Å². The molecule has 2 saturated heterocycles. The van der Waals surface area contributed by atoms with Crippen molar-refractivity contribution in [3.63, 3.8) is 0 Å². The molecule has 2 aliphatic heterocycles. The van der Waals surface area contributed by atoms with Crippen molar-refractivity contribution >= 4 is 15.9 Å². The summed E-state index contributed by atoms with van der Waals surface area (Å²) in [4.78, 5) is 15.0. The average Bonchev–Trinajstić information content (AvgIpc) is 3.54. The highest BCUT2D eigenvalue weighted by Gasteiger charge is 2.43. The summed E-state index contributed by atoms with van der Waals surface area (Å²) in [6.45, 7) is 2.21. The lowest BCUT2D eigenvalue weighted by Crippen LogP contribution is -2.50. The molecule has 5 rings (SSSR count). The van der Waals surface area contributed by atoms with Gasteiger partial charge in [0.05, 0.1) is 17.0 Å². The summed E-state index contributed by atoms with van der Waals surface area (Å²) in [5, 5.41) is 15.7. The van der Waals surface area contributed by atoms with E-state index in [2.05, 4.69) is 21.6 Å². The summed E-state index contributed by atoms with van der Waals surface area (Å²) >= 11 is 0. The number of fused-ring (bicyclic) bond motifs is 2. The molecule has 0 aromatic heterocycles.